The number of nitrogens with one attached hydrogen (secondary N) is 1. The van der Waals surface area contributed by atoms with Gasteiger partial charge in [-0.3, -0.25) is 4.68 Å². The van der Waals surface area contributed by atoms with Crippen LogP contribution < -0.4 is 5.32 Å². The van der Waals surface area contributed by atoms with Crippen LogP contribution in [0.3, 0.4) is 0 Å². The zero-order valence-corrected chi connectivity index (χ0v) is 13.3. The Hall–Kier alpha value is -0.650. The molecule has 0 fully saturated rings. The molecule has 0 aliphatic heterocycles. The number of halogens is 1. The molecule has 0 spiro atoms. The Labute approximate surface area is 120 Å². The highest BCUT2D eigenvalue weighted by Gasteiger charge is 2.09. The van der Waals surface area contributed by atoms with Crippen LogP contribution in [0.2, 0.25) is 0 Å². The summed E-state index contributed by atoms with van der Waals surface area (Å²) in [6.07, 6.45) is 3.81. The molecule has 98 valence electrons. The molecule has 0 bridgehead atoms. The third-order valence-corrected chi connectivity index (χ3v) is 3.91. The average Bonchev–Trinajstić information content (AvgIpc) is 2.85. The first kappa shape index (κ1) is 13.8. The first-order valence-corrected chi connectivity index (χ1v) is 7.54. The van der Waals surface area contributed by atoms with Crippen molar-refractivity contribution in [1.82, 2.24) is 15.1 Å². The lowest BCUT2D eigenvalue weighted by Gasteiger charge is -2.19. The van der Waals surface area contributed by atoms with Gasteiger partial charge in [-0.1, -0.05) is 0 Å². The highest BCUT2D eigenvalue weighted by atomic mass is 79.9. The van der Waals surface area contributed by atoms with Crippen molar-refractivity contribution in [2.24, 2.45) is 0 Å². The van der Waals surface area contributed by atoms with E-state index in [-0.39, 0.29) is 5.54 Å². The van der Waals surface area contributed by atoms with Crippen molar-refractivity contribution >= 4 is 27.3 Å². The lowest BCUT2D eigenvalue weighted by atomic mass is 10.1. The topological polar surface area (TPSA) is 29.9 Å². The van der Waals surface area contributed by atoms with Crippen LogP contribution in [0.4, 0.5) is 0 Å². The largest absolute Gasteiger partial charge is 0.307 e. The van der Waals surface area contributed by atoms with Crippen LogP contribution in [0.15, 0.2) is 29.0 Å². The molecule has 0 radical (unpaired) electrons. The molecule has 2 aromatic heterocycles. The molecule has 3 nitrogen and oxygen atoms in total. The van der Waals surface area contributed by atoms with Gasteiger partial charge in [-0.15, -0.1) is 11.3 Å². The quantitative estimate of drug-likeness (QED) is 0.929. The summed E-state index contributed by atoms with van der Waals surface area (Å²) in [6.45, 7) is 8.32. The fourth-order valence-corrected chi connectivity index (χ4v) is 2.82. The summed E-state index contributed by atoms with van der Waals surface area (Å²) in [5.74, 6) is 0. The van der Waals surface area contributed by atoms with E-state index in [0.29, 0.717) is 0 Å². The van der Waals surface area contributed by atoms with Gasteiger partial charge in [0, 0.05) is 28.0 Å². The maximum absolute atomic E-state index is 4.27. The number of thiophene rings is 1. The van der Waals surface area contributed by atoms with Crippen LogP contribution in [-0.2, 0) is 13.1 Å². The summed E-state index contributed by atoms with van der Waals surface area (Å²) < 4.78 is 2.96. The Balaban J connectivity index is 1.94. The molecule has 0 aliphatic rings. The molecule has 0 amide bonds. The van der Waals surface area contributed by atoms with Gasteiger partial charge >= 0.3 is 0 Å². The van der Waals surface area contributed by atoms with Crippen LogP contribution in [0.5, 0.6) is 0 Å². The number of rotatable bonds is 4. The minimum absolute atomic E-state index is 0.164. The van der Waals surface area contributed by atoms with E-state index in [9.17, 15) is 0 Å². The average molecular weight is 328 g/mol. The van der Waals surface area contributed by atoms with Gasteiger partial charge in [0.1, 0.15) is 0 Å². The Morgan fingerprint density at radius 3 is 2.67 bits per heavy atom. The van der Waals surface area contributed by atoms with E-state index in [1.165, 1.54) is 9.75 Å². The van der Waals surface area contributed by atoms with E-state index in [2.05, 4.69) is 59.2 Å². The second-order valence-corrected chi connectivity index (χ2v) is 7.50. The van der Waals surface area contributed by atoms with Crippen LogP contribution in [-0.4, -0.2) is 15.3 Å². The Bertz CT molecular complexity index is 510. The lowest BCUT2D eigenvalue weighted by Crippen LogP contribution is -2.34. The fourth-order valence-electron chi connectivity index (χ4n) is 1.54. The fraction of sp³-hybridized carbons (Fsp3) is 0.462. The zero-order chi connectivity index (χ0) is 13.2. The molecule has 1 N–H and O–H groups in total. The summed E-state index contributed by atoms with van der Waals surface area (Å²) in [7, 11) is 0. The number of hydrogen-bond donors (Lipinski definition) is 1. The van der Waals surface area contributed by atoms with E-state index in [4.69, 9.17) is 0 Å². The second kappa shape index (κ2) is 5.55. The van der Waals surface area contributed by atoms with Gasteiger partial charge in [-0.05, 0) is 48.8 Å². The summed E-state index contributed by atoms with van der Waals surface area (Å²) in [4.78, 5) is 2.70. The first-order valence-electron chi connectivity index (χ1n) is 5.93. The van der Waals surface area contributed by atoms with Gasteiger partial charge in [0.25, 0.3) is 0 Å². The number of aromatic nitrogens is 2. The molecule has 0 saturated heterocycles. The van der Waals surface area contributed by atoms with Gasteiger partial charge in [0.2, 0.25) is 0 Å². The van der Waals surface area contributed by atoms with Crippen LogP contribution >= 0.6 is 27.3 Å². The van der Waals surface area contributed by atoms with Crippen LogP contribution in [0.1, 0.15) is 30.5 Å². The standard InChI is InChI=1S/C13H18BrN3S/c1-13(2,3)15-7-11-4-5-12(18-11)9-17-8-10(14)6-16-17/h4-6,8,15H,7,9H2,1-3H3. The highest BCUT2D eigenvalue weighted by Crippen LogP contribution is 2.19. The molecule has 0 saturated carbocycles. The summed E-state index contributed by atoms with van der Waals surface area (Å²) in [5, 5.41) is 7.77. The van der Waals surface area contributed by atoms with Crippen molar-refractivity contribution in [2.75, 3.05) is 0 Å². The molecule has 2 rings (SSSR count). The summed E-state index contributed by atoms with van der Waals surface area (Å²) in [5.41, 5.74) is 0.164. The number of hydrogen-bond acceptors (Lipinski definition) is 3. The Morgan fingerprint density at radius 2 is 2.06 bits per heavy atom. The second-order valence-electron chi connectivity index (χ2n) is 5.33. The predicted molar refractivity (Wildman–Crippen MR) is 79.9 cm³/mol. The molecule has 18 heavy (non-hydrogen) atoms. The van der Waals surface area contributed by atoms with Crippen molar-refractivity contribution in [3.05, 3.63) is 38.8 Å². The molecule has 2 aromatic rings. The van der Waals surface area contributed by atoms with Crippen molar-refractivity contribution in [3.8, 4) is 0 Å². The van der Waals surface area contributed by atoms with E-state index in [1.807, 2.05) is 28.4 Å². The molecular weight excluding hydrogens is 310 g/mol. The van der Waals surface area contributed by atoms with E-state index in [0.717, 1.165) is 17.6 Å². The number of nitrogens with zero attached hydrogens (tertiary/aromatic N) is 2. The van der Waals surface area contributed by atoms with Gasteiger partial charge in [0.15, 0.2) is 0 Å². The van der Waals surface area contributed by atoms with Gasteiger partial charge in [-0.25, -0.2) is 0 Å². The monoisotopic (exact) mass is 327 g/mol. The minimum atomic E-state index is 0.164. The van der Waals surface area contributed by atoms with Gasteiger partial charge < -0.3 is 5.32 Å². The molecule has 0 aliphatic carbocycles. The van der Waals surface area contributed by atoms with Crippen LogP contribution in [0, 0.1) is 0 Å². The molecule has 2 heterocycles. The predicted octanol–water partition coefficient (Wildman–Crippen LogP) is 3.64. The smallest absolute Gasteiger partial charge is 0.0752 e. The Kier molecular flexibility index (Phi) is 4.25. The first-order chi connectivity index (χ1) is 8.42. The molecule has 0 atom stereocenters. The highest BCUT2D eigenvalue weighted by molar-refractivity contribution is 9.10. The molecule has 0 aromatic carbocycles. The van der Waals surface area contributed by atoms with Gasteiger partial charge in [-0.2, -0.15) is 5.10 Å². The lowest BCUT2D eigenvalue weighted by molar-refractivity contribution is 0.426. The van der Waals surface area contributed by atoms with Crippen molar-refractivity contribution < 1.29 is 0 Å². The summed E-state index contributed by atoms with van der Waals surface area (Å²) in [6, 6.07) is 4.37. The van der Waals surface area contributed by atoms with Gasteiger partial charge in [0.05, 0.1) is 17.2 Å². The zero-order valence-electron chi connectivity index (χ0n) is 10.9. The third kappa shape index (κ3) is 4.23. The minimum Gasteiger partial charge on any atom is -0.307 e. The molecular formula is C13H18BrN3S. The summed E-state index contributed by atoms with van der Waals surface area (Å²) >= 11 is 5.25. The SMILES string of the molecule is CC(C)(C)NCc1ccc(Cn2cc(Br)cn2)s1. The third-order valence-electron chi connectivity index (χ3n) is 2.43. The van der Waals surface area contributed by atoms with Crippen LogP contribution in [0.25, 0.3) is 0 Å². The molecule has 5 heteroatoms. The maximum atomic E-state index is 4.27. The molecule has 0 unspecified atom stereocenters. The van der Waals surface area contributed by atoms with Crippen molar-refractivity contribution in [1.29, 1.82) is 0 Å². The van der Waals surface area contributed by atoms with Crippen molar-refractivity contribution in [2.45, 2.75) is 39.4 Å². The Morgan fingerprint density at radius 1 is 1.33 bits per heavy atom. The van der Waals surface area contributed by atoms with E-state index >= 15 is 0 Å². The maximum Gasteiger partial charge on any atom is 0.0752 e. The normalized spacial score (nSPS) is 12.0. The van der Waals surface area contributed by atoms with E-state index in [1.54, 1.807) is 0 Å². The van der Waals surface area contributed by atoms with Crippen molar-refractivity contribution in [3.63, 3.8) is 0 Å². The van der Waals surface area contributed by atoms with E-state index < -0.39 is 0 Å².